The van der Waals surface area contributed by atoms with Crippen LogP contribution in [-0.2, 0) is 5.41 Å². The Hall–Kier alpha value is -1.77. The van der Waals surface area contributed by atoms with Gasteiger partial charge in [0.15, 0.2) is 0 Å². The third kappa shape index (κ3) is 2.45. The first kappa shape index (κ1) is 14.6. The smallest absolute Gasteiger partial charge is 0.130 e. The van der Waals surface area contributed by atoms with E-state index in [1.54, 1.807) is 0 Å². The van der Waals surface area contributed by atoms with Gasteiger partial charge in [0.2, 0.25) is 0 Å². The van der Waals surface area contributed by atoms with E-state index >= 15 is 0 Å². The van der Waals surface area contributed by atoms with E-state index in [-0.39, 0.29) is 5.41 Å². The van der Waals surface area contributed by atoms with E-state index in [9.17, 15) is 0 Å². The molecule has 2 N–H and O–H groups in total. The lowest BCUT2D eigenvalue weighted by Crippen LogP contribution is -2.19. The Morgan fingerprint density at radius 2 is 1.80 bits per heavy atom. The van der Waals surface area contributed by atoms with Crippen LogP contribution < -0.4 is 5.73 Å². The summed E-state index contributed by atoms with van der Waals surface area (Å²) in [5.74, 6) is 1.14. The van der Waals surface area contributed by atoms with Crippen LogP contribution in [0.25, 0.3) is 5.69 Å². The minimum atomic E-state index is 0.0355. The molecule has 3 nitrogen and oxygen atoms in total. The number of para-hydroxylation sites is 1. The van der Waals surface area contributed by atoms with E-state index in [4.69, 9.17) is 10.8 Å². The van der Waals surface area contributed by atoms with E-state index in [1.165, 1.54) is 5.56 Å². The average molecular weight is 271 g/mol. The van der Waals surface area contributed by atoms with Crippen LogP contribution >= 0.6 is 0 Å². The summed E-state index contributed by atoms with van der Waals surface area (Å²) in [6.07, 6.45) is 1.04. The molecule has 0 atom stereocenters. The number of nitrogens with two attached hydrogens (primary N) is 1. The van der Waals surface area contributed by atoms with Crippen molar-refractivity contribution in [3.05, 3.63) is 41.6 Å². The maximum Gasteiger partial charge on any atom is 0.130 e. The van der Waals surface area contributed by atoms with Crippen LogP contribution in [0.3, 0.4) is 0 Å². The van der Waals surface area contributed by atoms with Gasteiger partial charge < -0.3 is 5.73 Å². The molecule has 1 aromatic carbocycles. The molecule has 20 heavy (non-hydrogen) atoms. The highest BCUT2D eigenvalue weighted by Gasteiger charge is 2.29. The van der Waals surface area contributed by atoms with Gasteiger partial charge in [-0.25, -0.2) is 4.68 Å². The predicted octanol–water partition coefficient (Wildman–Crippen LogP) is 4.27. The molecule has 0 spiro atoms. The molecule has 0 saturated heterocycles. The maximum atomic E-state index is 6.39. The minimum absolute atomic E-state index is 0.0355. The van der Waals surface area contributed by atoms with Crippen molar-refractivity contribution in [1.29, 1.82) is 0 Å². The zero-order chi connectivity index (χ0) is 14.9. The monoisotopic (exact) mass is 271 g/mol. The second-order valence-electron chi connectivity index (χ2n) is 6.29. The molecule has 0 radical (unpaired) electrons. The van der Waals surface area contributed by atoms with E-state index in [2.05, 4.69) is 34.6 Å². The molecular weight excluding hydrogens is 246 g/mol. The van der Waals surface area contributed by atoms with Crippen molar-refractivity contribution in [2.24, 2.45) is 0 Å². The molecule has 0 aliphatic carbocycles. The summed E-state index contributed by atoms with van der Waals surface area (Å²) in [5, 5.41) is 4.84. The van der Waals surface area contributed by atoms with E-state index in [0.29, 0.717) is 5.92 Å². The standard InChI is InChI=1S/C17H25N3/c1-6-17(4,5)15-14(12(2)3)16(18)20(19-15)13-10-8-7-9-11-13/h7-12H,6,18H2,1-5H3. The van der Waals surface area contributed by atoms with Crippen LogP contribution in [-0.4, -0.2) is 9.78 Å². The molecule has 108 valence electrons. The summed E-state index contributed by atoms with van der Waals surface area (Å²) in [5.41, 5.74) is 9.75. The summed E-state index contributed by atoms with van der Waals surface area (Å²) in [4.78, 5) is 0. The Morgan fingerprint density at radius 1 is 1.20 bits per heavy atom. The fourth-order valence-corrected chi connectivity index (χ4v) is 2.45. The van der Waals surface area contributed by atoms with Gasteiger partial charge in [0.25, 0.3) is 0 Å². The number of aromatic nitrogens is 2. The van der Waals surface area contributed by atoms with Crippen molar-refractivity contribution < 1.29 is 0 Å². The number of hydrogen-bond donors (Lipinski definition) is 1. The Morgan fingerprint density at radius 3 is 2.30 bits per heavy atom. The normalized spacial score (nSPS) is 12.1. The van der Waals surface area contributed by atoms with E-state index in [0.717, 1.165) is 23.6 Å². The molecular formula is C17H25N3. The third-order valence-electron chi connectivity index (χ3n) is 4.06. The zero-order valence-corrected chi connectivity index (χ0v) is 13.1. The Kier molecular flexibility index (Phi) is 3.89. The third-order valence-corrected chi connectivity index (χ3v) is 4.06. The predicted molar refractivity (Wildman–Crippen MR) is 85.4 cm³/mol. The fraction of sp³-hybridized carbons (Fsp3) is 0.471. The van der Waals surface area contributed by atoms with Gasteiger partial charge in [-0.2, -0.15) is 5.10 Å². The molecule has 2 aromatic rings. The molecule has 1 aromatic heterocycles. The van der Waals surface area contributed by atoms with Crippen molar-refractivity contribution in [3.8, 4) is 5.69 Å². The van der Waals surface area contributed by atoms with Gasteiger partial charge in [0.1, 0.15) is 5.82 Å². The van der Waals surface area contributed by atoms with E-state index in [1.807, 2.05) is 35.0 Å². The van der Waals surface area contributed by atoms with Crippen LogP contribution in [0.5, 0.6) is 0 Å². The lowest BCUT2D eigenvalue weighted by molar-refractivity contribution is 0.479. The van der Waals surface area contributed by atoms with Crippen LogP contribution in [0.2, 0.25) is 0 Å². The quantitative estimate of drug-likeness (QED) is 0.902. The van der Waals surface area contributed by atoms with Gasteiger partial charge in [-0.1, -0.05) is 52.8 Å². The van der Waals surface area contributed by atoms with Gasteiger partial charge in [-0.15, -0.1) is 0 Å². The zero-order valence-electron chi connectivity index (χ0n) is 13.1. The lowest BCUT2D eigenvalue weighted by atomic mass is 9.82. The number of nitrogen functional groups attached to an aromatic ring is 1. The fourth-order valence-electron chi connectivity index (χ4n) is 2.45. The van der Waals surface area contributed by atoms with Crippen molar-refractivity contribution in [2.45, 2.75) is 52.4 Å². The minimum Gasteiger partial charge on any atom is -0.383 e. The van der Waals surface area contributed by atoms with Crippen LogP contribution in [0, 0.1) is 0 Å². The molecule has 0 aliphatic rings. The summed E-state index contributed by atoms with van der Waals surface area (Å²) in [7, 11) is 0. The van der Waals surface area contributed by atoms with Crippen LogP contribution in [0.4, 0.5) is 5.82 Å². The van der Waals surface area contributed by atoms with Gasteiger partial charge in [0, 0.05) is 11.0 Å². The second-order valence-corrected chi connectivity index (χ2v) is 6.29. The highest BCUT2D eigenvalue weighted by atomic mass is 15.3. The number of anilines is 1. The van der Waals surface area contributed by atoms with Crippen LogP contribution in [0.15, 0.2) is 30.3 Å². The molecule has 0 amide bonds. The topological polar surface area (TPSA) is 43.8 Å². The first-order valence-corrected chi connectivity index (χ1v) is 7.32. The molecule has 0 saturated carbocycles. The summed E-state index contributed by atoms with van der Waals surface area (Å²) >= 11 is 0. The number of benzene rings is 1. The Labute approximate surface area is 121 Å². The Bertz CT molecular complexity index is 580. The van der Waals surface area contributed by atoms with Crippen molar-refractivity contribution >= 4 is 5.82 Å². The van der Waals surface area contributed by atoms with Crippen molar-refractivity contribution in [2.75, 3.05) is 5.73 Å². The first-order valence-electron chi connectivity index (χ1n) is 7.32. The van der Waals surface area contributed by atoms with Crippen molar-refractivity contribution in [1.82, 2.24) is 9.78 Å². The SMILES string of the molecule is CCC(C)(C)c1nn(-c2ccccc2)c(N)c1C(C)C. The molecule has 3 heteroatoms. The van der Waals surface area contributed by atoms with Gasteiger partial charge >= 0.3 is 0 Å². The van der Waals surface area contributed by atoms with E-state index < -0.39 is 0 Å². The van der Waals surface area contributed by atoms with Gasteiger partial charge in [-0.3, -0.25) is 0 Å². The molecule has 1 heterocycles. The molecule has 0 unspecified atom stereocenters. The molecule has 0 fully saturated rings. The number of rotatable bonds is 4. The number of hydrogen-bond acceptors (Lipinski definition) is 2. The lowest BCUT2D eigenvalue weighted by Gasteiger charge is -2.22. The largest absolute Gasteiger partial charge is 0.383 e. The Balaban J connectivity index is 2.66. The summed E-state index contributed by atoms with van der Waals surface area (Å²) in [6.45, 7) is 11.0. The number of nitrogens with zero attached hydrogens (tertiary/aromatic N) is 2. The summed E-state index contributed by atoms with van der Waals surface area (Å²) in [6, 6.07) is 10.1. The second kappa shape index (κ2) is 5.31. The molecule has 0 aliphatic heterocycles. The van der Waals surface area contributed by atoms with Gasteiger partial charge in [-0.05, 0) is 24.5 Å². The summed E-state index contributed by atoms with van der Waals surface area (Å²) < 4.78 is 1.88. The maximum absolute atomic E-state index is 6.39. The highest BCUT2D eigenvalue weighted by molar-refractivity contribution is 5.53. The molecule has 0 bridgehead atoms. The van der Waals surface area contributed by atoms with Gasteiger partial charge in [0.05, 0.1) is 11.4 Å². The highest BCUT2D eigenvalue weighted by Crippen LogP contribution is 2.36. The van der Waals surface area contributed by atoms with Crippen LogP contribution in [0.1, 0.15) is 58.2 Å². The average Bonchev–Trinajstić information content (AvgIpc) is 2.78. The van der Waals surface area contributed by atoms with Crippen molar-refractivity contribution in [3.63, 3.8) is 0 Å². The first-order chi connectivity index (χ1) is 9.38. The molecule has 2 rings (SSSR count).